The van der Waals surface area contributed by atoms with E-state index in [4.69, 9.17) is 0 Å². The molecular formula is C16H19N3O4S. The van der Waals surface area contributed by atoms with Crippen molar-refractivity contribution >= 4 is 34.7 Å². The van der Waals surface area contributed by atoms with Gasteiger partial charge in [0.1, 0.15) is 12.1 Å². The van der Waals surface area contributed by atoms with Crippen molar-refractivity contribution in [3.8, 4) is 0 Å². The van der Waals surface area contributed by atoms with Gasteiger partial charge in [-0.25, -0.2) is 9.59 Å². The van der Waals surface area contributed by atoms with Gasteiger partial charge in [-0.3, -0.25) is 13.9 Å². The highest BCUT2D eigenvalue weighted by Crippen LogP contribution is 2.27. The number of thioether (sulfide) groups is 1. The molecule has 3 rings (SSSR count). The maximum absolute atomic E-state index is 12.4. The number of rotatable bonds is 4. The van der Waals surface area contributed by atoms with Gasteiger partial charge in [0.05, 0.1) is 11.0 Å². The van der Waals surface area contributed by atoms with Gasteiger partial charge >= 0.3 is 11.7 Å². The van der Waals surface area contributed by atoms with Crippen LogP contribution in [-0.2, 0) is 23.2 Å². The number of imidazole rings is 1. The van der Waals surface area contributed by atoms with Crippen molar-refractivity contribution in [3.05, 3.63) is 34.7 Å². The topological polar surface area (TPSA) is 93.3 Å². The van der Waals surface area contributed by atoms with E-state index in [1.807, 2.05) is 12.1 Å². The third-order valence-corrected chi connectivity index (χ3v) is 5.47. The smallest absolute Gasteiger partial charge is 0.329 e. The maximum atomic E-state index is 12.4. The molecule has 1 saturated heterocycles. The van der Waals surface area contributed by atoms with E-state index in [1.54, 1.807) is 30.9 Å². The van der Waals surface area contributed by atoms with Crippen molar-refractivity contribution in [1.82, 2.24) is 14.5 Å². The van der Waals surface area contributed by atoms with Gasteiger partial charge in [-0.1, -0.05) is 12.1 Å². The highest BCUT2D eigenvalue weighted by molar-refractivity contribution is 7.99. The second kappa shape index (κ2) is 6.35. The van der Waals surface area contributed by atoms with Crippen molar-refractivity contribution in [2.75, 3.05) is 11.5 Å². The number of aliphatic carboxylic acids is 1. The summed E-state index contributed by atoms with van der Waals surface area (Å²) >= 11 is 1.68. The summed E-state index contributed by atoms with van der Waals surface area (Å²) in [4.78, 5) is 36.5. The van der Waals surface area contributed by atoms with Crippen LogP contribution in [0, 0.1) is 0 Å². The molecule has 1 aliphatic rings. The van der Waals surface area contributed by atoms with E-state index in [0.717, 1.165) is 5.52 Å². The normalized spacial score (nSPS) is 16.9. The van der Waals surface area contributed by atoms with Crippen LogP contribution in [0.15, 0.2) is 29.1 Å². The van der Waals surface area contributed by atoms with E-state index in [0.29, 0.717) is 29.9 Å². The molecular weight excluding hydrogens is 330 g/mol. The quantitative estimate of drug-likeness (QED) is 0.852. The van der Waals surface area contributed by atoms with Crippen molar-refractivity contribution in [2.45, 2.75) is 24.9 Å². The predicted molar refractivity (Wildman–Crippen MR) is 92.2 cm³/mol. The third kappa shape index (κ3) is 2.82. The number of hydrogen-bond donors (Lipinski definition) is 2. The minimum Gasteiger partial charge on any atom is -0.480 e. The zero-order valence-corrected chi connectivity index (χ0v) is 14.1. The Labute approximate surface area is 142 Å². The number of fused-ring (bicyclic) bond motifs is 1. The average molecular weight is 349 g/mol. The number of para-hydroxylation sites is 2. The Balaban J connectivity index is 1.86. The van der Waals surface area contributed by atoms with E-state index >= 15 is 0 Å². The zero-order chi connectivity index (χ0) is 17.3. The van der Waals surface area contributed by atoms with Gasteiger partial charge in [-0.05, 0) is 36.5 Å². The van der Waals surface area contributed by atoms with Crippen molar-refractivity contribution in [1.29, 1.82) is 0 Å². The molecule has 2 heterocycles. The summed E-state index contributed by atoms with van der Waals surface area (Å²) in [6, 6.07) is 7.20. The molecule has 0 spiro atoms. The molecule has 2 aromatic rings. The molecule has 1 amide bonds. The minimum atomic E-state index is -1.23. The van der Waals surface area contributed by atoms with Crippen LogP contribution >= 0.6 is 11.8 Å². The molecule has 2 N–H and O–H groups in total. The number of hydrogen-bond acceptors (Lipinski definition) is 4. The number of amides is 1. The lowest BCUT2D eigenvalue weighted by Gasteiger charge is -2.33. The number of benzene rings is 1. The van der Waals surface area contributed by atoms with Crippen molar-refractivity contribution in [3.63, 3.8) is 0 Å². The third-order valence-electron chi connectivity index (χ3n) is 4.49. The molecule has 1 aromatic carbocycles. The van der Waals surface area contributed by atoms with Crippen LogP contribution in [0.5, 0.6) is 0 Å². The number of carbonyl (C=O) groups is 2. The first-order valence-corrected chi connectivity index (χ1v) is 8.86. The largest absolute Gasteiger partial charge is 0.480 e. The van der Waals surface area contributed by atoms with Gasteiger partial charge in [0, 0.05) is 7.05 Å². The van der Waals surface area contributed by atoms with Crippen LogP contribution in [0.25, 0.3) is 11.0 Å². The molecule has 1 fully saturated rings. The molecule has 128 valence electrons. The molecule has 0 aliphatic carbocycles. The summed E-state index contributed by atoms with van der Waals surface area (Å²) in [5.74, 6) is -0.0779. The Morgan fingerprint density at radius 2 is 1.88 bits per heavy atom. The second-order valence-corrected chi connectivity index (χ2v) is 7.19. The molecule has 7 nitrogen and oxygen atoms in total. The fourth-order valence-electron chi connectivity index (χ4n) is 3.08. The van der Waals surface area contributed by atoms with Crippen LogP contribution < -0.4 is 11.0 Å². The lowest BCUT2D eigenvalue weighted by molar-refractivity contribution is -0.148. The minimum absolute atomic E-state index is 0.192. The molecule has 24 heavy (non-hydrogen) atoms. The standard InChI is InChI=1S/C16H19N3O4S/c1-18-11-4-2-3-5-12(11)19(15(18)23)10-13(20)17-16(14(21)22)6-8-24-9-7-16/h2-5H,6-10H2,1H3,(H,17,20)(H,21,22). The Bertz CT molecular complexity index is 849. The number of nitrogens with zero attached hydrogens (tertiary/aromatic N) is 2. The van der Waals surface area contributed by atoms with E-state index in [-0.39, 0.29) is 12.2 Å². The zero-order valence-electron chi connectivity index (χ0n) is 13.3. The Morgan fingerprint density at radius 3 is 2.50 bits per heavy atom. The lowest BCUT2D eigenvalue weighted by atomic mass is 9.92. The van der Waals surface area contributed by atoms with Gasteiger partial charge in [-0.2, -0.15) is 11.8 Å². The number of carboxylic acid groups (broad SMARTS) is 1. The van der Waals surface area contributed by atoms with Gasteiger partial charge in [0.2, 0.25) is 5.91 Å². The van der Waals surface area contributed by atoms with Gasteiger partial charge in [0.25, 0.3) is 0 Å². The predicted octanol–water partition coefficient (Wildman–Crippen LogP) is 0.807. The van der Waals surface area contributed by atoms with Crippen LogP contribution in [0.3, 0.4) is 0 Å². The van der Waals surface area contributed by atoms with E-state index < -0.39 is 17.4 Å². The number of aryl methyl sites for hydroxylation is 1. The molecule has 1 aliphatic heterocycles. The first-order chi connectivity index (χ1) is 11.4. The summed E-state index contributed by atoms with van der Waals surface area (Å²) in [6.45, 7) is -0.192. The molecule has 1 aromatic heterocycles. The summed E-state index contributed by atoms with van der Waals surface area (Å²) in [5.41, 5.74) is -0.132. The Kier molecular flexibility index (Phi) is 4.40. The molecule has 0 atom stereocenters. The first kappa shape index (κ1) is 16.6. The van der Waals surface area contributed by atoms with Crippen LogP contribution in [0.4, 0.5) is 0 Å². The highest BCUT2D eigenvalue weighted by atomic mass is 32.2. The van der Waals surface area contributed by atoms with Gasteiger partial charge in [0.15, 0.2) is 0 Å². The van der Waals surface area contributed by atoms with Crippen molar-refractivity contribution in [2.24, 2.45) is 7.05 Å². The fraction of sp³-hybridized carbons (Fsp3) is 0.438. The molecule has 8 heteroatoms. The Hall–Kier alpha value is -2.22. The SMILES string of the molecule is Cn1c(=O)n(CC(=O)NC2(C(=O)O)CCSCC2)c2ccccc21. The molecule has 0 saturated carbocycles. The maximum Gasteiger partial charge on any atom is 0.329 e. The van der Waals surface area contributed by atoms with Gasteiger partial charge in [-0.15, -0.1) is 0 Å². The van der Waals surface area contributed by atoms with Crippen LogP contribution in [0.2, 0.25) is 0 Å². The molecule has 0 radical (unpaired) electrons. The monoisotopic (exact) mass is 349 g/mol. The number of carboxylic acids is 1. The fourth-order valence-corrected chi connectivity index (χ4v) is 4.27. The number of aromatic nitrogens is 2. The summed E-state index contributed by atoms with van der Waals surface area (Å²) in [7, 11) is 1.65. The van der Waals surface area contributed by atoms with E-state index in [2.05, 4.69) is 5.32 Å². The Morgan fingerprint density at radius 1 is 1.25 bits per heavy atom. The molecule has 0 unspecified atom stereocenters. The van der Waals surface area contributed by atoms with Gasteiger partial charge < -0.3 is 10.4 Å². The van der Waals surface area contributed by atoms with Crippen LogP contribution in [0.1, 0.15) is 12.8 Å². The highest BCUT2D eigenvalue weighted by Gasteiger charge is 2.41. The second-order valence-electron chi connectivity index (χ2n) is 5.96. The van der Waals surface area contributed by atoms with Crippen molar-refractivity contribution < 1.29 is 14.7 Å². The summed E-state index contributed by atoms with van der Waals surface area (Å²) in [5, 5.41) is 12.2. The van der Waals surface area contributed by atoms with E-state index in [1.165, 1.54) is 9.13 Å². The summed E-state index contributed by atoms with van der Waals surface area (Å²) in [6.07, 6.45) is 0.784. The molecule has 0 bridgehead atoms. The van der Waals surface area contributed by atoms with Crippen LogP contribution in [-0.4, -0.2) is 43.2 Å². The first-order valence-electron chi connectivity index (χ1n) is 7.71. The van der Waals surface area contributed by atoms with E-state index in [9.17, 15) is 19.5 Å². The number of carbonyl (C=O) groups excluding carboxylic acids is 1. The lowest BCUT2D eigenvalue weighted by Crippen LogP contribution is -2.57. The number of nitrogens with one attached hydrogen (secondary N) is 1. The summed E-state index contributed by atoms with van der Waals surface area (Å²) < 4.78 is 2.85. The average Bonchev–Trinajstić information content (AvgIpc) is 2.81.